The maximum Gasteiger partial charge on any atom is 0.00766 e. The standard InChI is InChI=1S/C7H16N2.C2H6/c1-8-7-3-2-5-9-6-4-7;1-2/h7-9H,2-6H2,1H3;1-2H3. The fourth-order valence-corrected chi connectivity index (χ4v) is 1.31. The second-order valence-corrected chi connectivity index (χ2v) is 2.67. The zero-order valence-electron chi connectivity index (χ0n) is 8.11. The van der Waals surface area contributed by atoms with Crippen molar-refractivity contribution in [3.63, 3.8) is 0 Å². The topological polar surface area (TPSA) is 24.1 Å². The molecule has 1 aliphatic rings. The van der Waals surface area contributed by atoms with Crippen molar-refractivity contribution in [2.24, 2.45) is 0 Å². The van der Waals surface area contributed by atoms with Crippen molar-refractivity contribution < 1.29 is 0 Å². The molecule has 1 heterocycles. The third-order valence-corrected chi connectivity index (χ3v) is 1.98. The van der Waals surface area contributed by atoms with Gasteiger partial charge in [-0.3, -0.25) is 0 Å². The predicted octanol–water partition coefficient (Wildman–Crippen LogP) is 1.37. The quantitative estimate of drug-likeness (QED) is 0.602. The first kappa shape index (κ1) is 10.9. The van der Waals surface area contributed by atoms with Gasteiger partial charge in [-0.25, -0.2) is 0 Å². The van der Waals surface area contributed by atoms with E-state index >= 15 is 0 Å². The van der Waals surface area contributed by atoms with Gasteiger partial charge < -0.3 is 10.6 Å². The highest BCUT2D eigenvalue weighted by molar-refractivity contribution is 4.69. The van der Waals surface area contributed by atoms with Crippen molar-refractivity contribution in [3.8, 4) is 0 Å². The summed E-state index contributed by atoms with van der Waals surface area (Å²) >= 11 is 0. The number of hydrogen-bond acceptors (Lipinski definition) is 2. The summed E-state index contributed by atoms with van der Waals surface area (Å²) in [5, 5.41) is 6.68. The Morgan fingerprint density at radius 3 is 2.55 bits per heavy atom. The van der Waals surface area contributed by atoms with Crippen molar-refractivity contribution in [3.05, 3.63) is 0 Å². The molecule has 0 bridgehead atoms. The highest BCUT2D eigenvalue weighted by Crippen LogP contribution is 2.02. The summed E-state index contributed by atoms with van der Waals surface area (Å²) in [6.07, 6.45) is 3.95. The van der Waals surface area contributed by atoms with E-state index in [1.54, 1.807) is 0 Å². The first-order valence-corrected chi connectivity index (χ1v) is 4.81. The van der Waals surface area contributed by atoms with Gasteiger partial charge in [0.15, 0.2) is 0 Å². The molecule has 0 radical (unpaired) electrons. The van der Waals surface area contributed by atoms with Crippen molar-refractivity contribution in [2.75, 3.05) is 20.1 Å². The van der Waals surface area contributed by atoms with E-state index in [0.717, 1.165) is 6.04 Å². The molecule has 0 saturated carbocycles. The van der Waals surface area contributed by atoms with Crippen LogP contribution in [0.1, 0.15) is 33.1 Å². The van der Waals surface area contributed by atoms with E-state index in [1.807, 2.05) is 13.8 Å². The number of nitrogens with one attached hydrogen (secondary N) is 2. The van der Waals surface area contributed by atoms with Crippen LogP contribution in [0.3, 0.4) is 0 Å². The molecular formula is C9H22N2. The Morgan fingerprint density at radius 2 is 1.91 bits per heavy atom. The third-order valence-electron chi connectivity index (χ3n) is 1.98. The summed E-state index contributed by atoms with van der Waals surface area (Å²) in [5.74, 6) is 0. The predicted molar refractivity (Wildman–Crippen MR) is 50.9 cm³/mol. The Balaban J connectivity index is 0.000000461. The second-order valence-electron chi connectivity index (χ2n) is 2.67. The van der Waals surface area contributed by atoms with Gasteiger partial charge >= 0.3 is 0 Å². The first-order valence-electron chi connectivity index (χ1n) is 4.81. The van der Waals surface area contributed by atoms with Gasteiger partial charge in [0.1, 0.15) is 0 Å². The maximum absolute atomic E-state index is 3.37. The Labute approximate surface area is 70.8 Å². The molecule has 1 rings (SSSR count). The average molecular weight is 158 g/mol. The zero-order chi connectivity index (χ0) is 8.53. The molecule has 1 atom stereocenters. The number of rotatable bonds is 1. The van der Waals surface area contributed by atoms with E-state index in [9.17, 15) is 0 Å². The molecule has 68 valence electrons. The molecule has 1 unspecified atom stereocenters. The molecule has 0 aromatic heterocycles. The SMILES string of the molecule is CC.CNC1CCCNCC1. The number of hydrogen-bond donors (Lipinski definition) is 2. The van der Waals surface area contributed by atoms with Crippen molar-refractivity contribution in [1.82, 2.24) is 10.6 Å². The van der Waals surface area contributed by atoms with Gasteiger partial charge in [-0.05, 0) is 39.4 Å². The van der Waals surface area contributed by atoms with Gasteiger partial charge in [0, 0.05) is 6.04 Å². The summed E-state index contributed by atoms with van der Waals surface area (Å²) < 4.78 is 0. The molecule has 0 amide bonds. The van der Waals surface area contributed by atoms with Crippen LogP contribution in [0.4, 0.5) is 0 Å². The Bertz CT molecular complexity index is 66.0. The van der Waals surface area contributed by atoms with Crippen LogP contribution in [-0.4, -0.2) is 26.2 Å². The summed E-state index contributed by atoms with van der Waals surface area (Å²) in [5.41, 5.74) is 0. The van der Waals surface area contributed by atoms with Gasteiger partial charge in [-0.2, -0.15) is 0 Å². The monoisotopic (exact) mass is 158 g/mol. The lowest BCUT2D eigenvalue weighted by Crippen LogP contribution is -2.25. The summed E-state index contributed by atoms with van der Waals surface area (Å²) in [6, 6.07) is 0.764. The molecule has 2 N–H and O–H groups in total. The zero-order valence-corrected chi connectivity index (χ0v) is 8.11. The van der Waals surface area contributed by atoms with Gasteiger partial charge in [0.05, 0.1) is 0 Å². The molecule has 0 aromatic rings. The molecule has 0 aliphatic carbocycles. The van der Waals surface area contributed by atoms with Crippen molar-refractivity contribution >= 4 is 0 Å². The van der Waals surface area contributed by atoms with Crippen LogP contribution < -0.4 is 10.6 Å². The van der Waals surface area contributed by atoms with E-state index in [-0.39, 0.29) is 0 Å². The van der Waals surface area contributed by atoms with Gasteiger partial charge in [0.25, 0.3) is 0 Å². The van der Waals surface area contributed by atoms with Crippen LogP contribution in [0.25, 0.3) is 0 Å². The van der Waals surface area contributed by atoms with Crippen LogP contribution in [-0.2, 0) is 0 Å². The molecule has 1 aliphatic heterocycles. The lowest BCUT2D eigenvalue weighted by atomic mass is 10.1. The maximum atomic E-state index is 3.37. The van der Waals surface area contributed by atoms with E-state index in [4.69, 9.17) is 0 Å². The average Bonchev–Trinajstić information content (AvgIpc) is 2.35. The van der Waals surface area contributed by atoms with Crippen molar-refractivity contribution in [2.45, 2.75) is 39.2 Å². The van der Waals surface area contributed by atoms with Crippen LogP contribution in [0.15, 0.2) is 0 Å². The van der Waals surface area contributed by atoms with E-state index in [1.165, 1.54) is 32.4 Å². The highest BCUT2D eigenvalue weighted by atomic mass is 14.9. The minimum absolute atomic E-state index is 0.764. The Morgan fingerprint density at radius 1 is 1.18 bits per heavy atom. The normalized spacial score (nSPS) is 24.8. The van der Waals surface area contributed by atoms with E-state index in [2.05, 4.69) is 17.7 Å². The largest absolute Gasteiger partial charge is 0.317 e. The lowest BCUT2D eigenvalue weighted by molar-refractivity contribution is 0.511. The fourth-order valence-electron chi connectivity index (χ4n) is 1.31. The molecule has 2 heteroatoms. The van der Waals surface area contributed by atoms with Crippen LogP contribution >= 0.6 is 0 Å². The molecule has 1 saturated heterocycles. The highest BCUT2D eigenvalue weighted by Gasteiger charge is 2.07. The van der Waals surface area contributed by atoms with Gasteiger partial charge in [-0.15, -0.1) is 0 Å². The summed E-state index contributed by atoms with van der Waals surface area (Å²) in [4.78, 5) is 0. The van der Waals surface area contributed by atoms with E-state index < -0.39 is 0 Å². The summed E-state index contributed by atoms with van der Waals surface area (Å²) in [6.45, 7) is 6.39. The first-order chi connectivity index (χ1) is 5.43. The molecule has 0 aromatic carbocycles. The van der Waals surface area contributed by atoms with Crippen LogP contribution in [0, 0.1) is 0 Å². The molecule has 2 nitrogen and oxygen atoms in total. The Hall–Kier alpha value is -0.0800. The van der Waals surface area contributed by atoms with Gasteiger partial charge in [-0.1, -0.05) is 13.8 Å². The Kier molecular flexibility index (Phi) is 7.96. The smallest absolute Gasteiger partial charge is 0.00766 e. The lowest BCUT2D eigenvalue weighted by Gasteiger charge is -2.10. The van der Waals surface area contributed by atoms with Crippen LogP contribution in [0.2, 0.25) is 0 Å². The molecule has 11 heavy (non-hydrogen) atoms. The minimum atomic E-state index is 0.764. The van der Waals surface area contributed by atoms with Gasteiger partial charge in [0.2, 0.25) is 0 Å². The van der Waals surface area contributed by atoms with Crippen molar-refractivity contribution in [1.29, 1.82) is 0 Å². The molecule has 0 spiro atoms. The second kappa shape index (κ2) is 8.02. The molecule has 1 fully saturated rings. The molecular weight excluding hydrogens is 136 g/mol. The summed E-state index contributed by atoms with van der Waals surface area (Å²) in [7, 11) is 2.05. The fraction of sp³-hybridized carbons (Fsp3) is 1.00. The van der Waals surface area contributed by atoms with E-state index in [0.29, 0.717) is 0 Å². The van der Waals surface area contributed by atoms with Crippen LogP contribution in [0.5, 0.6) is 0 Å². The third kappa shape index (κ3) is 5.22. The minimum Gasteiger partial charge on any atom is -0.317 e.